The molecule has 0 amide bonds. The summed E-state index contributed by atoms with van der Waals surface area (Å²) < 4.78 is 102. The van der Waals surface area contributed by atoms with E-state index in [1.54, 1.807) is 30.3 Å². The third-order valence-electron chi connectivity index (χ3n) is 4.46. The van der Waals surface area contributed by atoms with Gasteiger partial charge in [0.25, 0.3) is 0 Å². The molecule has 0 saturated heterocycles. The minimum Gasteiger partial charge on any atom is -0.408 e. The molecule has 170 valence electrons. The van der Waals surface area contributed by atoms with Crippen LogP contribution >= 0.6 is 0 Å². The van der Waals surface area contributed by atoms with Gasteiger partial charge in [0.2, 0.25) is 44.9 Å². The fourth-order valence-electron chi connectivity index (χ4n) is 2.89. The van der Waals surface area contributed by atoms with E-state index in [1.807, 2.05) is 0 Å². The molecule has 4 aromatic rings. The maximum atomic E-state index is 14.0. The monoisotopic (exact) mass is 482 g/mol. The van der Waals surface area contributed by atoms with Crippen LogP contribution in [0.1, 0.15) is 0 Å². The molecule has 1 aromatic heterocycles. The van der Waals surface area contributed by atoms with Crippen LogP contribution in [0, 0.1) is 29.1 Å². The second kappa shape index (κ2) is 8.30. The van der Waals surface area contributed by atoms with Crippen LogP contribution in [0.4, 0.5) is 22.0 Å². The van der Waals surface area contributed by atoms with Gasteiger partial charge in [0, 0.05) is 11.1 Å². The van der Waals surface area contributed by atoms with Crippen LogP contribution in [-0.4, -0.2) is 13.4 Å². The summed E-state index contributed by atoms with van der Waals surface area (Å²) in [5.74, 6) is -12.8. The molecule has 0 fully saturated rings. The minimum atomic E-state index is -3.98. The zero-order valence-corrected chi connectivity index (χ0v) is 17.0. The number of sulfonamides is 1. The van der Waals surface area contributed by atoms with Gasteiger partial charge in [-0.1, -0.05) is 30.3 Å². The predicted molar refractivity (Wildman–Crippen MR) is 105 cm³/mol. The molecule has 0 aliphatic rings. The van der Waals surface area contributed by atoms with Crippen LogP contribution < -0.4 is 9.88 Å². The fourth-order valence-corrected chi connectivity index (χ4v) is 3.40. The average molecular weight is 482 g/mol. The lowest BCUT2D eigenvalue weighted by Gasteiger charge is -2.06. The molecule has 0 radical (unpaired) electrons. The molecular formula is C21H11F5N2O4S. The quantitative estimate of drug-likeness (QED) is 0.241. The SMILES string of the molecule is NS(=O)(=O)c1ccc(-c2oc(Oc3c(F)c(F)c(F)c(F)c3F)nc2-c2ccccc2)cc1. The molecule has 0 unspecified atom stereocenters. The van der Waals surface area contributed by atoms with Crippen molar-refractivity contribution in [2.75, 3.05) is 0 Å². The van der Waals surface area contributed by atoms with Crippen molar-refractivity contribution in [1.82, 2.24) is 4.98 Å². The number of hydrogen-bond acceptors (Lipinski definition) is 5. The highest BCUT2D eigenvalue weighted by atomic mass is 32.2. The Bertz CT molecular complexity index is 1430. The minimum absolute atomic E-state index is 0.0268. The second-order valence-electron chi connectivity index (χ2n) is 6.59. The molecule has 12 heteroatoms. The summed E-state index contributed by atoms with van der Waals surface area (Å²) in [6.45, 7) is 0. The molecule has 4 rings (SSSR count). The van der Waals surface area contributed by atoms with Crippen molar-refractivity contribution >= 4 is 10.0 Å². The third kappa shape index (κ3) is 4.17. The van der Waals surface area contributed by atoms with E-state index >= 15 is 0 Å². The van der Waals surface area contributed by atoms with Crippen molar-refractivity contribution in [1.29, 1.82) is 0 Å². The predicted octanol–water partition coefficient (Wildman–Crippen LogP) is 5.14. The highest BCUT2D eigenvalue weighted by Crippen LogP contribution is 2.39. The number of nitrogens with zero attached hydrogens (tertiary/aromatic N) is 1. The van der Waals surface area contributed by atoms with Gasteiger partial charge in [-0.05, 0) is 24.3 Å². The summed E-state index contributed by atoms with van der Waals surface area (Å²) in [5.41, 5.74) is 0.817. The molecule has 0 aliphatic heterocycles. The lowest BCUT2D eigenvalue weighted by Crippen LogP contribution is -2.11. The van der Waals surface area contributed by atoms with E-state index in [-0.39, 0.29) is 21.9 Å². The van der Waals surface area contributed by atoms with Crippen molar-refractivity contribution in [3.63, 3.8) is 0 Å². The first-order valence-electron chi connectivity index (χ1n) is 8.96. The summed E-state index contributed by atoms with van der Waals surface area (Å²) in [5, 5.41) is 5.08. The van der Waals surface area contributed by atoms with E-state index in [4.69, 9.17) is 14.3 Å². The van der Waals surface area contributed by atoms with Gasteiger partial charge in [-0.3, -0.25) is 0 Å². The van der Waals surface area contributed by atoms with Gasteiger partial charge in [-0.25, -0.2) is 26.7 Å². The van der Waals surface area contributed by atoms with Gasteiger partial charge in [-0.2, -0.15) is 13.8 Å². The number of benzene rings is 3. The third-order valence-corrected chi connectivity index (χ3v) is 5.39. The van der Waals surface area contributed by atoms with E-state index in [0.717, 1.165) is 0 Å². The molecule has 1 heterocycles. The molecular weight excluding hydrogens is 471 g/mol. The van der Waals surface area contributed by atoms with E-state index in [9.17, 15) is 30.4 Å². The summed E-state index contributed by atoms with van der Waals surface area (Å²) >= 11 is 0. The number of hydrogen-bond donors (Lipinski definition) is 1. The van der Waals surface area contributed by atoms with Crippen molar-refractivity contribution in [3.8, 4) is 34.4 Å². The van der Waals surface area contributed by atoms with Crippen molar-refractivity contribution < 1.29 is 39.5 Å². The highest BCUT2D eigenvalue weighted by Gasteiger charge is 2.29. The highest BCUT2D eigenvalue weighted by molar-refractivity contribution is 7.89. The zero-order chi connectivity index (χ0) is 23.9. The standard InChI is InChI=1S/C21H11F5N2O4S/c22-13-14(23)16(25)20(17(26)15(13)24)32-21-28-18(10-4-2-1-3-5-10)19(31-21)11-6-8-12(9-7-11)33(27,29)30/h1-9H,(H2,27,29,30). The number of aromatic nitrogens is 1. The smallest absolute Gasteiger partial charge is 0.400 e. The lowest BCUT2D eigenvalue weighted by molar-refractivity contribution is 0.283. The number of nitrogens with two attached hydrogens (primary N) is 1. The van der Waals surface area contributed by atoms with Crippen LogP contribution in [0.25, 0.3) is 22.6 Å². The normalized spacial score (nSPS) is 11.6. The Morgan fingerprint density at radius 1 is 0.758 bits per heavy atom. The molecule has 3 aromatic carbocycles. The van der Waals surface area contributed by atoms with Crippen molar-refractivity contribution in [2.24, 2.45) is 5.14 Å². The number of ether oxygens (including phenoxy) is 1. The Morgan fingerprint density at radius 3 is 1.85 bits per heavy atom. The van der Waals surface area contributed by atoms with Gasteiger partial charge >= 0.3 is 6.08 Å². The number of primary sulfonamides is 1. The van der Waals surface area contributed by atoms with Gasteiger partial charge in [-0.15, -0.1) is 0 Å². The summed E-state index contributed by atoms with van der Waals surface area (Å²) in [4.78, 5) is 3.79. The average Bonchev–Trinajstić information content (AvgIpc) is 3.23. The van der Waals surface area contributed by atoms with Gasteiger partial charge in [0.05, 0.1) is 4.90 Å². The first-order chi connectivity index (χ1) is 15.6. The van der Waals surface area contributed by atoms with Crippen LogP contribution in [0.5, 0.6) is 11.8 Å². The fraction of sp³-hybridized carbons (Fsp3) is 0. The van der Waals surface area contributed by atoms with E-state index in [2.05, 4.69) is 4.98 Å². The Morgan fingerprint density at radius 2 is 1.30 bits per heavy atom. The molecule has 0 atom stereocenters. The Labute approximate surface area is 183 Å². The Kier molecular flexibility index (Phi) is 5.64. The van der Waals surface area contributed by atoms with Crippen molar-refractivity contribution in [2.45, 2.75) is 4.90 Å². The molecule has 2 N–H and O–H groups in total. The Balaban J connectivity index is 1.84. The molecule has 0 bridgehead atoms. The van der Waals surface area contributed by atoms with Crippen LogP contribution in [-0.2, 0) is 10.0 Å². The number of oxazole rings is 1. The number of halogens is 5. The first-order valence-corrected chi connectivity index (χ1v) is 10.5. The lowest BCUT2D eigenvalue weighted by atomic mass is 10.1. The van der Waals surface area contributed by atoms with E-state index in [0.29, 0.717) is 5.56 Å². The summed E-state index contributed by atoms with van der Waals surface area (Å²) in [6.07, 6.45) is -0.817. The van der Waals surface area contributed by atoms with Gasteiger partial charge in [0.15, 0.2) is 5.76 Å². The van der Waals surface area contributed by atoms with E-state index in [1.165, 1.54) is 24.3 Å². The van der Waals surface area contributed by atoms with Crippen molar-refractivity contribution in [3.05, 3.63) is 83.7 Å². The maximum Gasteiger partial charge on any atom is 0.400 e. The van der Waals surface area contributed by atoms with Gasteiger partial charge < -0.3 is 9.15 Å². The summed E-state index contributed by atoms with van der Waals surface area (Å²) in [6, 6.07) is 13.3. The zero-order valence-electron chi connectivity index (χ0n) is 16.2. The first kappa shape index (κ1) is 22.4. The van der Waals surface area contributed by atoms with E-state index < -0.39 is 50.9 Å². The molecule has 0 spiro atoms. The van der Waals surface area contributed by atoms with Crippen LogP contribution in [0.3, 0.4) is 0 Å². The summed E-state index contributed by atoms with van der Waals surface area (Å²) in [7, 11) is -3.98. The largest absolute Gasteiger partial charge is 0.408 e. The molecule has 33 heavy (non-hydrogen) atoms. The number of rotatable bonds is 5. The molecule has 6 nitrogen and oxygen atoms in total. The molecule has 0 aliphatic carbocycles. The topological polar surface area (TPSA) is 95.4 Å². The maximum absolute atomic E-state index is 14.0. The van der Waals surface area contributed by atoms with Gasteiger partial charge in [0.1, 0.15) is 5.69 Å². The molecule has 0 saturated carbocycles. The Hall–Kier alpha value is -3.77. The van der Waals surface area contributed by atoms with Crippen LogP contribution in [0.2, 0.25) is 0 Å². The second-order valence-corrected chi connectivity index (χ2v) is 8.16. The van der Waals surface area contributed by atoms with Crippen LogP contribution in [0.15, 0.2) is 63.9 Å².